The Balaban J connectivity index is 1.63. The summed E-state index contributed by atoms with van der Waals surface area (Å²) in [6.07, 6.45) is 7.30. The Labute approximate surface area is 124 Å². The van der Waals surface area contributed by atoms with Crippen LogP contribution in [0.25, 0.3) is 0 Å². The highest BCUT2D eigenvalue weighted by Gasteiger charge is 2.36. The molecule has 3 N–H and O–H groups in total. The second-order valence-electron chi connectivity index (χ2n) is 5.72. The van der Waals surface area contributed by atoms with Crippen LogP contribution in [-0.2, 0) is 11.3 Å². The molecule has 0 bridgehead atoms. The summed E-state index contributed by atoms with van der Waals surface area (Å²) >= 11 is 0. The Bertz CT molecular complexity index is 598. The number of amides is 1. The van der Waals surface area contributed by atoms with Gasteiger partial charge in [-0.1, -0.05) is 25.0 Å². The molecule has 1 aliphatic rings. The Hall–Kier alpha value is -2.14. The summed E-state index contributed by atoms with van der Waals surface area (Å²) in [6, 6.07) is 9.71. The Kier molecular flexibility index (Phi) is 3.75. The van der Waals surface area contributed by atoms with Gasteiger partial charge in [0.25, 0.3) is 0 Å². The number of nitrogens with zero attached hydrogens (tertiary/aromatic N) is 2. The topological polar surface area (TPSA) is 72.9 Å². The van der Waals surface area contributed by atoms with E-state index in [-0.39, 0.29) is 5.91 Å². The average Bonchev–Trinajstić information content (AvgIpc) is 3.13. The van der Waals surface area contributed by atoms with Gasteiger partial charge in [-0.05, 0) is 36.6 Å². The second kappa shape index (κ2) is 5.69. The van der Waals surface area contributed by atoms with Crippen LogP contribution in [0.3, 0.4) is 0 Å². The summed E-state index contributed by atoms with van der Waals surface area (Å²) in [6.45, 7) is 0.724. The van der Waals surface area contributed by atoms with Crippen LogP contribution in [0, 0.1) is 0 Å². The molecule has 0 spiro atoms. The van der Waals surface area contributed by atoms with Gasteiger partial charge in [-0.15, -0.1) is 0 Å². The fraction of sp³-hybridized carbons (Fsp3) is 0.375. The molecule has 0 unspecified atom stereocenters. The molecular weight excluding hydrogens is 264 g/mol. The van der Waals surface area contributed by atoms with Crippen LogP contribution in [0.5, 0.6) is 0 Å². The van der Waals surface area contributed by atoms with E-state index in [1.54, 1.807) is 6.20 Å². The van der Waals surface area contributed by atoms with E-state index >= 15 is 0 Å². The number of anilines is 1. The SMILES string of the molecule is NC1(C(=O)Nc2ccc(Cn3cccn3)cc2)CCCC1. The first-order valence-electron chi connectivity index (χ1n) is 7.32. The van der Waals surface area contributed by atoms with Gasteiger partial charge in [0.05, 0.1) is 12.1 Å². The van der Waals surface area contributed by atoms with Crippen molar-refractivity contribution in [3.8, 4) is 0 Å². The van der Waals surface area contributed by atoms with Crippen LogP contribution in [-0.4, -0.2) is 21.2 Å². The molecule has 0 radical (unpaired) electrons. The lowest BCUT2D eigenvalue weighted by Crippen LogP contribution is -2.48. The third-order valence-electron chi connectivity index (χ3n) is 4.06. The molecule has 110 valence electrons. The molecular formula is C16H20N4O. The molecule has 1 aliphatic carbocycles. The molecule has 3 rings (SSSR count). The second-order valence-corrected chi connectivity index (χ2v) is 5.72. The monoisotopic (exact) mass is 284 g/mol. The molecule has 1 amide bonds. The quantitative estimate of drug-likeness (QED) is 0.903. The van der Waals surface area contributed by atoms with Crippen LogP contribution < -0.4 is 11.1 Å². The van der Waals surface area contributed by atoms with Gasteiger partial charge >= 0.3 is 0 Å². The van der Waals surface area contributed by atoms with E-state index in [0.717, 1.165) is 43.5 Å². The van der Waals surface area contributed by atoms with Gasteiger partial charge in [-0.3, -0.25) is 9.48 Å². The molecule has 5 nitrogen and oxygen atoms in total. The number of aromatic nitrogens is 2. The molecule has 1 heterocycles. The minimum atomic E-state index is -0.687. The Morgan fingerprint density at radius 1 is 1.29 bits per heavy atom. The average molecular weight is 284 g/mol. The first kappa shape index (κ1) is 13.8. The summed E-state index contributed by atoms with van der Waals surface area (Å²) in [4.78, 5) is 12.2. The number of carbonyl (C=O) groups excluding carboxylic acids is 1. The molecule has 2 aromatic rings. The van der Waals surface area contributed by atoms with Crippen molar-refractivity contribution in [3.63, 3.8) is 0 Å². The lowest BCUT2D eigenvalue weighted by atomic mass is 9.98. The summed E-state index contributed by atoms with van der Waals surface area (Å²) in [7, 11) is 0. The fourth-order valence-corrected chi connectivity index (χ4v) is 2.76. The number of nitrogens with one attached hydrogen (secondary N) is 1. The molecule has 1 saturated carbocycles. The highest BCUT2D eigenvalue weighted by Crippen LogP contribution is 2.28. The van der Waals surface area contributed by atoms with E-state index in [1.807, 2.05) is 41.2 Å². The maximum Gasteiger partial charge on any atom is 0.244 e. The van der Waals surface area contributed by atoms with Crippen LogP contribution in [0.1, 0.15) is 31.2 Å². The molecule has 5 heteroatoms. The van der Waals surface area contributed by atoms with Gasteiger partial charge in [0.1, 0.15) is 0 Å². The fourth-order valence-electron chi connectivity index (χ4n) is 2.76. The summed E-state index contributed by atoms with van der Waals surface area (Å²) in [5.74, 6) is -0.0696. The predicted molar refractivity (Wildman–Crippen MR) is 81.8 cm³/mol. The molecule has 0 aliphatic heterocycles. The molecule has 1 aromatic heterocycles. The number of carbonyl (C=O) groups is 1. The molecule has 1 fully saturated rings. The zero-order valence-corrected chi connectivity index (χ0v) is 12.0. The zero-order valence-electron chi connectivity index (χ0n) is 12.0. The normalized spacial score (nSPS) is 16.8. The van der Waals surface area contributed by atoms with Crippen molar-refractivity contribution >= 4 is 11.6 Å². The van der Waals surface area contributed by atoms with E-state index < -0.39 is 5.54 Å². The van der Waals surface area contributed by atoms with Crippen molar-refractivity contribution in [1.82, 2.24) is 9.78 Å². The van der Waals surface area contributed by atoms with E-state index in [9.17, 15) is 4.79 Å². The van der Waals surface area contributed by atoms with Gasteiger partial charge in [-0.25, -0.2) is 0 Å². The van der Waals surface area contributed by atoms with Crippen molar-refractivity contribution in [2.45, 2.75) is 37.8 Å². The van der Waals surface area contributed by atoms with Crippen molar-refractivity contribution in [2.24, 2.45) is 5.73 Å². The Morgan fingerprint density at radius 2 is 2.00 bits per heavy atom. The van der Waals surface area contributed by atoms with Gasteiger partial charge in [-0.2, -0.15) is 5.10 Å². The number of hydrogen-bond donors (Lipinski definition) is 2. The molecule has 21 heavy (non-hydrogen) atoms. The van der Waals surface area contributed by atoms with Crippen LogP contribution in [0.4, 0.5) is 5.69 Å². The minimum Gasteiger partial charge on any atom is -0.324 e. The van der Waals surface area contributed by atoms with E-state index in [1.165, 1.54) is 0 Å². The molecule has 0 saturated heterocycles. The van der Waals surface area contributed by atoms with Gasteiger partial charge in [0.2, 0.25) is 5.91 Å². The first-order chi connectivity index (χ1) is 10.2. The maximum atomic E-state index is 12.2. The van der Waals surface area contributed by atoms with E-state index in [2.05, 4.69) is 10.4 Å². The van der Waals surface area contributed by atoms with Crippen LogP contribution in [0.2, 0.25) is 0 Å². The smallest absolute Gasteiger partial charge is 0.244 e. The summed E-state index contributed by atoms with van der Waals surface area (Å²) in [5, 5.41) is 7.10. The zero-order chi connectivity index (χ0) is 14.7. The summed E-state index contributed by atoms with van der Waals surface area (Å²) in [5.41, 5.74) is 7.39. The minimum absolute atomic E-state index is 0.0696. The third kappa shape index (κ3) is 3.13. The van der Waals surface area contributed by atoms with Gasteiger partial charge in [0, 0.05) is 18.1 Å². The highest BCUT2D eigenvalue weighted by atomic mass is 16.2. The number of benzene rings is 1. The standard InChI is InChI=1S/C16H20N4O/c17-16(8-1-2-9-16)15(21)19-14-6-4-13(5-7-14)12-20-11-3-10-18-20/h3-7,10-11H,1-2,8-9,12,17H2,(H,19,21). The highest BCUT2D eigenvalue weighted by molar-refractivity contribution is 5.98. The van der Waals surface area contributed by atoms with E-state index in [4.69, 9.17) is 5.73 Å². The van der Waals surface area contributed by atoms with Gasteiger partial charge in [0.15, 0.2) is 0 Å². The van der Waals surface area contributed by atoms with Crippen molar-refractivity contribution in [2.75, 3.05) is 5.32 Å². The van der Waals surface area contributed by atoms with Crippen LogP contribution in [0.15, 0.2) is 42.7 Å². The van der Waals surface area contributed by atoms with Crippen LogP contribution >= 0.6 is 0 Å². The van der Waals surface area contributed by atoms with Crippen molar-refractivity contribution < 1.29 is 4.79 Å². The third-order valence-corrected chi connectivity index (χ3v) is 4.06. The largest absolute Gasteiger partial charge is 0.324 e. The molecule has 0 atom stereocenters. The van der Waals surface area contributed by atoms with Gasteiger partial charge < -0.3 is 11.1 Å². The predicted octanol–water partition coefficient (Wildman–Crippen LogP) is 2.14. The number of nitrogens with two attached hydrogens (primary N) is 1. The lowest BCUT2D eigenvalue weighted by molar-refractivity contribution is -0.121. The van der Waals surface area contributed by atoms with Crippen molar-refractivity contribution in [1.29, 1.82) is 0 Å². The lowest BCUT2D eigenvalue weighted by Gasteiger charge is -2.22. The Morgan fingerprint density at radius 3 is 2.62 bits per heavy atom. The molecule has 1 aromatic carbocycles. The van der Waals surface area contributed by atoms with Crippen molar-refractivity contribution in [3.05, 3.63) is 48.3 Å². The number of rotatable bonds is 4. The first-order valence-corrected chi connectivity index (χ1v) is 7.32. The van der Waals surface area contributed by atoms with E-state index in [0.29, 0.717) is 0 Å². The maximum absolute atomic E-state index is 12.2. The summed E-state index contributed by atoms with van der Waals surface area (Å²) < 4.78 is 1.86. The number of hydrogen-bond acceptors (Lipinski definition) is 3.